The smallest absolute Gasteiger partial charge is 0.121 e. The summed E-state index contributed by atoms with van der Waals surface area (Å²) in [7, 11) is 0. The van der Waals surface area contributed by atoms with Crippen LogP contribution in [0.15, 0.2) is 18.1 Å². The maximum absolute atomic E-state index is 9.54. The van der Waals surface area contributed by atoms with Gasteiger partial charge >= 0.3 is 0 Å². The average Bonchev–Trinajstić information content (AvgIpc) is 2.09. The van der Waals surface area contributed by atoms with Gasteiger partial charge in [0.05, 0.1) is 4.11 Å². The fourth-order valence-corrected chi connectivity index (χ4v) is 0.493. The summed E-state index contributed by atoms with van der Waals surface area (Å²) in [6.07, 6.45) is 0. The molecule has 1 aromatic rings. The molecule has 1 aromatic carbocycles. The van der Waals surface area contributed by atoms with Crippen molar-refractivity contribution in [3.05, 3.63) is 29.3 Å². The maximum Gasteiger partial charge on any atom is 0.121 e. The maximum atomic E-state index is 9.54. The monoisotopic (exact) mass is 128 g/mol. The third kappa shape index (κ3) is 1.04. The molecule has 0 saturated carbocycles. The molecule has 9 heavy (non-hydrogen) atoms. The van der Waals surface area contributed by atoms with Crippen LogP contribution in [-0.2, 0) is 0 Å². The van der Waals surface area contributed by atoms with E-state index < -0.39 is 30.2 Å². The average molecular weight is 128 g/mol. The Morgan fingerprint density at radius 2 is 2.22 bits per heavy atom. The van der Waals surface area contributed by atoms with E-state index in [4.69, 9.17) is 8.22 Å². The minimum Gasteiger partial charge on any atom is -0.507 e. The molecular formula is C8H10O. The normalized spacial score (nSPS) is 20.6. The number of phenols is 1. The van der Waals surface area contributed by atoms with E-state index in [0.29, 0.717) is 0 Å². The lowest BCUT2D eigenvalue weighted by Crippen LogP contribution is -1.76. The molecule has 0 bridgehead atoms. The van der Waals surface area contributed by atoms with Gasteiger partial charge in [-0.05, 0) is 24.9 Å². The third-order valence-electron chi connectivity index (χ3n) is 1.03. The Balaban J connectivity index is 3.68. The van der Waals surface area contributed by atoms with Gasteiger partial charge in [0, 0.05) is 4.11 Å². The van der Waals surface area contributed by atoms with E-state index >= 15 is 0 Å². The van der Waals surface area contributed by atoms with Crippen LogP contribution in [0.3, 0.4) is 0 Å². The first-order valence-electron chi connectivity index (χ1n) is 5.47. The lowest BCUT2D eigenvalue weighted by Gasteiger charge is -1.99. The van der Waals surface area contributed by atoms with Crippen molar-refractivity contribution >= 4 is 0 Å². The van der Waals surface area contributed by atoms with E-state index in [-0.39, 0.29) is 11.6 Å². The molecule has 0 saturated heterocycles. The molecule has 0 fully saturated rings. The highest BCUT2D eigenvalue weighted by Crippen LogP contribution is 2.19. The zero-order valence-corrected chi connectivity index (χ0v) is 4.95. The molecule has 0 amide bonds. The number of hydrogen-bond donors (Lipinski definition) is 1. The van der Waals surface area contributed by atoms with E-state index in [1.165, 1.54) is 6.92 Å². The van der Waals surface area contributed by atoms with Crippen molar-refractivity contribution in [2.45, 2.75) is 13.8 Å². The van der Waals surface area contributed by atoms with Crippen molar-refractivity contribution in [3.63, 3.8) is 0 Å². The zero-order valence-electron chi connectivity index (χ0n) is 10.9. The molecule has 1 rings (SSSR count). The quantitative estimate of drug-likeness (QED) is 0.566. The topological polar surface area (TPSA) is 20.2 Å². The van der Waals surface area contributed by atoms with Gasteiger partial charge in [0.15, 0.2) is 0 Å². The Morgan fingerprint density at radius 3 is 2.89 bits per heavy atom. The Morgan fingerprint density at radius 1 is 1.56 bits per heavy atom. The molecule has 1 heteroatoms. The lowest BCUT2D eigenvalue weighted by atomic mass is 10.1. The molecule has 1 N–H and O–H groups in total. The SMILES string of the molecule is [2H]c1c([2H])c(C)c(O)c(C([2H])([2H])[2H])c1[2H]. The van der Waals surface area contributed by atoms with Crippen LogP contribution >= 0.6 is 0 Å². The van der Waals surface area contributed by atoms with E-state index in [2.05, 4.69) is 0 Å². The lowest BCUT2D eigenvalue weighted by molar-refractivity contribution is 0.467. The van der Waals surface area contributed by atoms with Crippen LogP contribution in [0.1, 0.15) is 19.4 Å². The van der Waals surface area contributed by atoms with Crippen molar-refractivity contribution in [1.29, 1.82) is 0 Å². The van der Waals surface area contributed by atoms with Gasteiger partial charge in [-0.25, -0.2) is 0 Å². The van der Waals surface area contributed by atoms with E-state index in [9.17, 15) is 5.11 Å². The molecule has 0 aliphatic rings. The molecule has 0 aliphatic carbocycles. The van der Waals surface area contributed by atoms with Gasteiger partial charge in [0.2, 0.25) is 0 Å². The first-order chi connectivity index (χ1) is 6.68. The van der Waals surface area contributed by atoms with Crippen LogP contribution in [0.5, 0.6) is 5.75 Å². The van der Waals surface area contributed by atoms with Gasteiger partial charge in [-0.2, -0.15) is 0 Å². The van der Waals surface area contributed by atoms with E-state index in [0.717, 1.165) is 0 Å². The molecule has 48 valence electrons. The summed E-state index contributed by atoms with van der Waals surface area (Å²) in [4.78, 5) is 0. The number of rotatable bonds is 0. The Kier molecular flexibility index (Phi) is 0.468. The fourth-order valence-electron chi connectivity index (χ4n) is 0.493. The second-order valence-corrected chi connectivity index (χ2v) is 1.72. The van der Waals surface area contributed by atoms with Crippen LogP contribution in [0, 0.1) is 13.8 Å². The molecule has 0 heterocycles. The molecule has 0 aromatic heterocycles. The van der Waals surface area contributed by atoms with E-state index in [1.807, 2.05) is 0 Å². The van der Waals surface area contributed by atoms with Crippen LogP contribution < -0.4 is 0 Å². The van der Waals surface area contributed by atoms with Crippen LogP contribution in [0.2, 0.25) is 0 Å². The molecule has 0 unspecified atom stereocenters. The first kappa shape index (κ1) is 2.01. The summed E-state index contributed by atoms with van der Waals surface area (Å²) >= 11 is 0. The van der Waals surface area contributed by atoms with Crippen molar-refractivity contribution in [1.82, 2.24) is 0 Å². The van der Waals surface area contributed by atoms with Crippen LogP contribution in [0.25, 0.3) is 0 Å². The number of phenolic OH excluding ortho intramolecular Hbond substituents is 1. The number of hydrogen-bond acceptors (Lipinski definition) is 1. The predicted octanol–water partition coefficient (Wildman–Crippen LogP) is 2.01. The minimum absolute atomic E-state index is 0.0159. The Bertz CT molecular complexity index is 380. The summed E-state index contributed by atoms with van der Waals surface area (Å²) < 4.78 is 43.5. The summed E-state index contributed by atoms with van der Waals surface area (Å²) in [6, 6.07) is -1.40. The Hall–Kier alpha value is -0.980. The first-order valence-corrected chi connectivity index (χ1v) is 2.47. The number of benzene rings is 1. The molecule has 1 nitrogen and oxygen atoms in total. The van der Waals surface area contributed by atoms with Gasteiger partial charge in [-0.15, -0.1) is 0 Å². The van der Waals surface area contributed by atoms with Crippen LogP contribution in [0.4, 0.5) is 0 Å². The van der Waals surface area contributed by atoms with Crippen molar-refractivity contribution in [2.75, 3.05) is 0 Å². The standard InChI is InChI=1S/C8H10O/c1-6-4-3-5-7(2)8(6)9/h3-5,9H,1-2H3/i1D3,3D,4D,5D. The number of aromatic hydroxyl groups is 1. The summed E-state index contributed by atoms with van der Waals surface area (Å²) in [6.45, 7) is -1.29. The highest BCUT2D eigenvalue weighted by atomic mass is 16.3. The molecule has 0 spiro atoms. The molecular weight excluding hydrogens is 112 g/mol. The second kappa shape index (κ2) is 2.09. The second-order valence-electron chi connectivity index (χ2n) is 1.72. The zero-order chi connectivity index (χ0) is 12.0. The summed E-state index contributed by atoms with van der Waals surface area (Å²) in [5.41, 5.74) is -0.539. The molecule has 0 atom stereocenters. The van der Waals surface area contributed by atoms with Gasteiger partial charge in [-0.1, -0.05) is 18.1 Å². The molecule has 0 radical (unpaired) electrons. The highest BCUT2D eigenvalue weighted by molar-refractivity contribution is 5.37. The van der Waals surface area contributed by atoms with Crippen molar-refractivity contribution < 1.29 is 13.3 Å². The Labute approximate surface area is 63.4 Å². The van der Waals surface area contributed by atoms with Crippen LogP contribution in [-0.4, -0.2) is 5.11 Å². The summed E-state index contributed by atoms with van der Waals surface area (Å²) in [5.74, 6) is -0.582. The third-order valence-corrected chi connectivity index (χ3v) is 1.03. The van der Waals surface area contributed by atoms with Crippen molar-refractivity contribution in [2.24, 2.45) is 0 Å². The minimum atomic E-state index is -2.64. The predicted molar refractivity (Wildman–Crippen MR) is 37.6 cm³/mol. The van der Waals surface area contributed by atoms with Gasteiger partial charge < -0.3 is 5.11 Å². The molecule has 0 aliphatic heterocycles. The van der Waals surface area contributed by atoms with Gasteiger partial charge in [-0.3, -0.25) is 0 Å². The number of para-hydroxylation sites is 1. The highest BCUT2D eigenvalue weighted by Gasteiger charge is 1.95. The van der Waals surface area contributed by atoms with Gasteiger partial charge in [0.1, 0.15) is 5.75 Å². The summed E-state index contributed by atoms with van der Waals surface area (Å²) in [5, 5.41) is 9.54. The van der Waals surface area contributed by atoms with Crippen molar-refractivity contribution in [3.8, 4) is 5.75 Å². The van der Waals surface area contributed by atoms with E-state index in [1.54, 1.807) is 0 Å². The largest absolute Gasteiger partial charge is 0.507 e. The fraction of sp³-hybridized carbons (Fsp3) is 0.250. The van der Waals surface area contributed by atoms with Gasteiger partial charge in [0.25, 0.3) is 0 Å².